The molecule has 0 unspecified atom stereocenters. The fourth-order valence-electron chi connectivity index (χ4n) is 12.8. The summed E-state index contributed by atoms with van der Waals surface area (Å²) in [7, 11) is 0. The summed E-state index contributed by atoms with van der Waals surface area (Å²) in [5, 5.41) is 2.27. The predicted molar refractivity (Wildman–Crippen MR) is 262 cm³/mol. The van der Waals surface area contributed by atoms with Crippen LogP contribution in [-0.2, 0) is 16.2 Å². The molecule has 0 aliphatic heterocycles. The van der Waals surface area contributed by atoms with Gasteiger partial charge in [-0.1, -0.05) is 179 Å². The SMILES string of the molecule is CC1(c2ccc3c(c2)C2(c4cc(C5(C)CCCC5)ccc4-3)c3ccccc3-c3c(N(c4ccc5c(c4)oc4ccccc45)c4ccccc4-c4ccccc4)cccc32)CCCC1. The van der Waals surface area contributed by atoms with Gasteiger partial charge in [0.15, 0.2) is 0 Å². The molecule has 2 saturated carbocycles. The van der Waals surface area contributed by atoms with Gasteiger partial charge in [-0.25, -0.2) is 0 Å². The standard InChI is InChI=1S/C61H51NO/c1-59(33-12-13-34-59)41-27-30-45-46-31-28-42(60(2)35-14-15-36-60)38-53(46)61(52(45)37-41)50-22-9-6-21-49(50)58-51(61)23-16-25-55(58)62(54-24-10-7-19-44(54)40-17-4-3-5-18-40)43-29-32-48-47-20-8-11-26-56(47)63-57(48)39-43/h3-11,16-32,37-39H,12-15,33-36H2,1-2H3. The zero-order valence-corrected chi connectivity index (χ0v) is 36.3. The maximum atomic E-state index is 6.63. The Labute approximate surface area is 370 Å². The third-order valence-corrected chi connectivity index (χ3v) is 16.1. The Morgan fingerprint density at radius 1 is 0.413 bits per heavy atom. The first-order chi connectivity index (χ1) is 30.9. The second-order valence-electron chi connectivity index (χ2n) is 19.5. The number of furan rings is 1. The van der Waals surface area contributed by atoms with Gasteiger partial charge in [0.1, 0.15) is 11.2 Å². The molecule has 0 saturated heterocycles. The largest absolute Gasteiger partial charge is 0.456 e. The second kappa shape index (κ2) is 13.7. The summed E-state index contributed by atoms with van der Waals surface area (Å²) >= 11 is 0. The van der Waals surface area contributed by atoms with Gasteiger partial charge in [-0.15, -0.1) is 0 Å². The zero-order valence-electron chi connectivity index (χ0n) is 36.3. The van der Waals surface area contributed by atoms with E-state index in [9.17, 15) is 0 Å². The monoisotopic (exact) mass is 813 g/mol. The summed E-state index contributed by atoms with van der Waals surface area (Å²) in [5.41, 5.74) is 21.4. The van der Waals surface area contributed by atoms with Gasteiger partial charge >= 0.3 is 0 Å². The molecule has 8 aromatic carbocycles. The van der Waals surface area contributed by atoms with Crippen LogP contribution in [0.25, 0.3) is 55.3 Å². The Bertz CT molecular complexity index is 3210. The predicted octanol–water partition coefficient (Wildman–Crippen LogP) is 16.7. The average molecular weight is 814 g/mol. The maximum absolute atomic E-state index is 6.63. The van der Waals surface area contributed by atoms with E-state index in [2.05, 4.69) is 195 Å². The van der Waals surface area contributed by atoms with Gasteiger partial charge < -0.3 is 9.32 Å². The molecule has 13 rings (SSSR count). The molecule has 0 radical (unpaired) electrons. The van der Waals surface area contributed by atoms with Gasteiger partial charge in [0, 0.05) is 33.7 Å². The highest BCUT2D eigenvalue weighted by Gasteiger charge is 2.53. The number of para-hydroxylation sites is 2. The molecule has 4 aliphatic rings. The quantitative estimate of drug-likeness (QED) is 0.166. The van der Waals surface area contributed by atoms with E-state index in [1.165, 1.54) is 124 Å². The van der Waals surface area contributed by atoms with Crippen LogP contribution in [-0.4, -0.2) is 0 Å². The van der Waals surface area contributed by atoms with Crippen LogP contribution in [0.5, 0.6) is 0 Å². The number of hydrogen-bond acceptors (Lipinski definition) is 2. The summed E-state index contributed by atoms with van der Waals surface area (Å²) in [4.78, 5) is 2.52. The van der Waals surface area contributed by atoms with Crippen LogP contribution in [0.4, 0.5) is 17.1 Å². The van der Waals surface area contributed by atoms with E-state index in [0.717, 1.165) is 33.3 Å². The number of nitrogens with zero attached hydrogens (tertiary/aromatic N) is 1. The van der Waals surface area contributed by atoms with E-state index >= 15 is 0 Å². The minimum Gasteiger partial charge on any atom is -0.456 e. The lowest BCUT2D eigenvalue weighted by Crippen LogP contribution is -2.28. The molecular weight excluding hydrogens is 763 g/mol. The molecule has 0 bridgehead atoms. The highest BCUT2D eigenvalue weighted by atomic mass is 16.3. The summed E-state index contributed by atoms with van der Waals surface area (Å²) < 4.78 is 6.63. The number of hydrogen-bond donors (Lipinski definition) is 0. The second-order valence-corrected chi connectivity index (χ2v) is 19.5. The van der Waals surface area contributed by atoms with Crippen molar-refractivity contribution in [1.82, 2.24) is 0 Å². The van der Waals surface area contributed by atoms with Crippen molar-refractivity contribution in [2.45, 2.75) is 81.5 Å². The van der Waals surface area contributed by atoms with Crippen molar-refractivity contribution in [2.24, 2.45) is 0 Å². The first kappa shape index (κ1) is 37.0. The Balaban J connectivity index is 1.12. The summed E-state index contributed by atoms with van der Waals surface area (Å²) in [6.45, 7) is 5.04. The highest BCUT2D eigenvalue weighted by molar-refractivity contribution is 6.07. The number of anilines is 3. The van der Waals surface area contributed by atoms with Crippen molar-refractivity contribution in [3.8, 4) is 33.4 Å². The minimum absolute atomic E-state index is 0.184. The summed E-state index contributed by atoms with van der Waals surface area (Å²) in [6, 6.07) is 66.8. The fourth-order valence-corrected chi connectivity index (χ4v) is 12.8. The molecule has 306 valence electrons. The topological polar surface area (TPSA) is 16.4 Å². The molecule has 63 heavy (non-hydrogen) atoms. The molecule has 9 aromatic rings. The summed E-state index contributed by atoms with van der Waals surface area (Å²) in [6.07, 6.45) is 10.2. The van der Waals surface area contributed by atoms with Crippen molar-refractivity contribution in [1.29, 1.82) is 0 Å². The number of rotatable bonds is 6. The third-order valence-electron chi connectivity index (χ3n) is 16.1. The first-order valence-corrected chi connectivity index (χ1v) is 23.3. The lowest BCUT2D eigenvalue weighted by Gasteiger charge is -2.34. The molecule has 0 atom stereocenters. The van der Waals surface area contributed by atoms with Crippen molar-refractivity contribution in [3.05, 3.63) is 209 Å². The van der Waals surface area contributed by atoms with Crippen LogP contribution in [0.1, 0.15) is 98.6 Å². The first-order valence-electron chi connectivity index (χ1n) is 23.3. The third kappa shape index (κ3) is 5.24. The Kier molecular flexibility index (Phi) is 8.03. The van der Waals surface area contributed by atoms with Gasteiger partial charge in [-0.3, -0.25) is 0 Å². The van der Waals surface area contributed by atoms with E-state index in [1.54, 1.807) is 0 Å². The van der Waals surface area contributed by atoms with Crippen molar-refractivity contribution >= 4 is 39.0 Å². The Morgan fingerprint density at radius 3 is 1.70 bits per heavy atom. The fraction of sp³-hybridized carbons (Fsp3) is 0.213. The van der Waals surface area contributed by atoms with Gasteiger partial charge in [0.05, 0.1) is 16.8 Å². The molecule has 0 N–H and O–H groups in total. The average Bonchev–Trinajstić information content (AvgIpc) is 4.17. The van der Waals surface area contributed by atoms with Gasteiger partial charge in [-0.2, -0.15) is 0 Å². The van der Waals surface area contributed by atoms with Crippen molar-refractivity contribution in [2.75, 3.05) is 4.90 Å². The number of benzene rings is 8. The van der Waals surface area contributed by atoms with Crippen molar-refractivity contribution < 1.29 is 4.42 Å². The van der Waals surface area contributed by atoms with Crippen LogP contribution in [0.2, 0.25) is 0 Å². The van der Waals surface area contributed by atoms with E-state index in [-0.39, 0.29) is 10.8 Å². The number of fused-ring (bicyclic) bond motifs is 13. The normalized spacial score (nSPS) is 17.2. The van der Waals surface area contributed by atoms with E-state index in [4.69, 9.17) is 4.42 Å². The van der Waals surface area contributed by atoms with E-state index < -0.39 is 5.41 Å². The van der Waals surface area contributed by atoms with E-state index in [0.29, 0.717) is 0 Å². The molecule has 1 heterocycles. The minimum atomic E-state index is -0.476. The zero-order chi connectivity index (χ0) is 41.9. The molecule has 0 amide bonds. The van der Waals surface area contributed by atoms with Gasteiger partial charge in [-0.05, 0) is 122 Å². The summed E-state index contributed by atoms with van der Waals surface area (Å²) in [5.74, 6) is 0. The van der Waals surface area contributed by atoms with Crippen LogP contribution in [0, 0.1) is 0 Å². The molecule has 1 aromatic heterocycles. The van der Waals surface area contributed by atoms with Gasteiger partial charge in [0.2, 0.25) is 0 Å². The highest BCUT2D eigenvalue weighted by Crippen LogP contribution is 2.66. The van der Waals surface area contributed by atoms with Crippen LogP contribution in [0.15, 0.2) is 180 Å². The molecular formula is C61H51NO. The van der Waals surface area contributed by atoms with Crippen LogP contribution >= 0.6 is 0 Å². The Morgan fingerprint density at radius 2 is 0.984 bits per heavy atom. The lowest BCUT2D eigenvalue weighted by molar-refractivity contribution is 0.489. The molecule has 2 fully saturated rings. The molecule has 4 aliphatic carbocycles. The maximum Gasteiger partial charge on any atom is 0.137 e. The smallest absolute Gasteiger partial charge is 0.137 e. The lowest BCUT2D eigenvalue weighted by atomic mass is 9.68. The van der Waals surface area contributed by atoms with E-state index in [1.807, 2.05) is 0 Å². The van der Waals surface area contributed by atoms with Crippen LogP contribution < -0.4 is 4.90 Å². The van der Waals surface area contributed by atoms with Crippen LogP contribution in [0.3, 0.4) is 0 Å². The van der Waals surface area contributed by atoms with Crippen molar-refractivity contribution in [3.63, 3.8) is 0 Å². The van der Waals surface area contributed by atoms with Gasteiger partial charge in [0.25, 0.3) is 0 Å². The Hall–Kier alpha value is -6.64. The molecule has 1 spiro atoms. The molecule has 2 nitrogen and oxygen atoms in total. The molecule has 2 heteroatoms.